The van der Waals surface area contributed by atoms with Crippen LogP contribution in [0.1, 0.15) is 20.8 Å². The molecule has 1 amide bonds. The number of benzene rings is 1. The minimum Gasteiger partial charge on any atom is -0.410 e. The molecule has 112 valence electrons. The van der Waals surface area contributed by atoms with Crippen LogP contribution < -0.4 is 10.1 Å². The molecule has 0 aliphatic rings. The maximum atomic E-state index is 12.0. The lowest BCUT2D eigenvalue weighted by Gasteiger charge is -2.31. The third-order valence-electron chi connectivity index (χ3n) is 3.24. The van der Waals surface area contributed by atoms with Crippen LogP contribution in [0.2, 0.25) is 0 Å². The van der Waals surface area contributed by atoms with Gasteiger partial charge in [0, 0.05) is 18.9 Å². The van der Waals surface area contributed by atoms with Crippen molar-refractivity contribution in [2.24, 2.45) is 5.41 Å². The van der Waals surface area contributed by atoms with Crippen LogP contribution in [0.5, 0.6) is 5.75 Å². The molecule has 21 heavy (non-hydrogen) atoms. The second kappa shape index (κ2) is 6.43. The molecular formula is C16H21N3O2. The molecule has 2 rings (SSSR count). The van der Waals surface area contributed by atoms with Crippen molar-refractivity contribution >= 4 is 6.09 Å². The van der Waals surface area contributed by atoms with Gasteiger partial charge in [-0.15, -0.1) is 0 Å². The fourth-order valence-corrected chi connectivity index (χ4v) is 1.91. The van der Waals surface area contributed by atoms with Crippen LogP contribution in [0, 0.1) is 5.41 Å². The van der Waals surface area contributed by atoms with Crippen molar-refractivity contribution in [2.75, 3.05) is 0 Å². The zero-order valence-electron chi connectivity index (χ0n) is 12.6. The number of nitrogens with one attached hydrogen (secondary N) is 1. The van der Waals surface area contributed by atoms with Crippen LogP contribution >= 0.6 is 0 Å². The highest BCUT2D eigenvalue weighted by Gasteiger charge is 2.27. The molecule has 0 fully saturated rings. The maximum absolute atomic E-state index is 12.0. The van der Waals surface area contributed by atoms with Crippen molar-refractivity contribution in [1.29, 1.82) is 0 Å². The lowest BCUT2D eigenvalue weighted by molar-refractivity contribution is 0.175. The average molecular weight is 287 g/mol. The molecule has 0 radical (unpaired) electrons. The molecule has 5 heteroatoms. The highest BCUT2D eigenvalue weighted by molar-refractivity contribution is 5.70. The summed E-state index contributed by atoms with van der Waals surface area (Å²) in [4.78, 5) is 16.1. The number of imidazole rings is 1. The van der Waals surface area contributed by atoms with Crippen LogP contribution in [0.3, 0.4) is 0 Å². The van der Waals surface area contributed by atoms with Gasteiger partial charge in [-0.1, -0.05) is 39.0 Å². The predicted octanol–water partition coefficient (Wildman–Crippen LogP) is 3.09. The van der Waals surface area contributed by atoms with Gasteiger partial charge in [-0.2, -0.15) is 0 Å². The third kappa shape index (κ3) is 4.63. The number of nitrogens with zero attached hydrogens (tertiary/aromatic N) is 2. The summed E-state index contributed by atoms with van der Waals surface area (Å²) in [5.74, 6) is 0.533. The number of hydrogen-bond donors (Lipinski definition) is 1. The van der Waals surface area contributed by atoms with Gasteiger partial charge in [0.2, 0.25) is 0 Å². The molecule has 0 aliphatic carbocycles. The maximum Gasteiger partial charge on any atom is 0.412 e. The first kappa shape index (κ1) is 15.1. The summed E-state index contributed by atoms with van der Waals surface area (Å²) in [5.41, 5.74) is -0.0972. The minimum atomic E-state index is -0.443. The summed E-state index contributed by atoms with van der Waals surface area (Å²) in [5, 5.41) is 2.93. The molecule has 0 aliphatic heterocycles. The number of aromatic nitrogens is 2. The molecule has 2 aromatic rings. The van der Waals surface area contributed by atoms with E-state index < -0.39 is 6.09 Å². The lowest BCUT2D eigenvalue weighted by atomic mass is 9.86. The van der Waals surface area contributed by atoms with Crippen molar-refractivity contribution in [3.8, 4) is 5.75 Å². The number of para-hydroxylation sites is 1. The Bertz CT molecular complexity index is 559. The lowest BCUT2D eigenvalue weighted by Crippen LogP contribution is -2.47. The van der Waals surface area contributed by atoms with Crippen LogP contribution in [0.15, 0.2) is 49.1 Å². The molecule has 0 saturated heterocycles. The van der Waals surface area contributed by atoms with Gasteiger partial charge >= 0.3 is 6.09 Å². The Kier molecular flexibility index (Phi) is 4.62. The van der Waals surface area contributed by atoms with Gasteiger partial charge in [0.15, 0.2) is 0 Å². The zero-order chi connectivity index (χ0) is 15.3. The SMILES string of the molecule is CC(C)(C)C(Cn1ccnc1)NC(=O)Oc1ccccc1. The largest absolute Gasteiger partial charge is 0.412 e. The van der Waals surface area contributed by atoms with Crippen molar-refractivity contribution < 1.29 is 9.53 Å². The highest BCUT2D eigenvalue weighted by atomic mass is 16.6. The van der Waals surface area contributed by atoms with Crippen LogP contribution in [-0.4, -0.2) is 21.7 Å². The van der Waals surface area contributed by atoms with E-state index >= 15 is 0 Å². The molecule has 1 aromatic heterocycles. The van der Waals surface area contributed by atoms with Crippen molar-refractivity contribution in [2.45, 2.75) is 33.4 Å². The number of carbonyl (C=O) groups is 1. The molecule has 1 aromatic carbocycles. The van der Waals surface area contributed by atoms with E-state index in [4.69, 9.17) is 4.74 Å². The Hall–Kier alpha value is -2.30. The third-order valence-corrected chi connectivity index (χ3v) is 3.24. The van der Waals surface area contributed by atoms with E-state index in [-0.39, 0.29) is 11.5 Å². The smallest absolute Gasteiger partial charge is 0.410 e. The van der Waals surface area contributed by atoms with Crippen LogP contribution in [-0.2, 0) is 6.54 Å². The Balaban J connectivity index is 2.00. The van der Waals surface area contributed by atoms with Gasteiger partial charge in [-0.25, -0.2) is 9.78 Å². The molecule has 5 nitrogen and oxygen atoms in total. The summed E-state index contributed by atoms with van der Waals surface area (Å²) >= 11 is 0. The van der Waals surface area contributed by atoms with Gasteiger partial charge in [-0.3, -0.25) is 0 Å². The second-order valence-corrected chi connectivity index (χ2v) is 6.02. The summed E-state index contributed by atoms with van der Waals surface area (Å²) < 4.78 is 7.23. The van der Waals surface area contributed by atoms with Crippen LogP contribution in [0.4, 0.5) is 4.79 Å². The standard InChI is InChI=1S/C16H21N3O2/c1-16(2,3)14(11-19-10-9-17-12-19)18-15(20)21-13-7-5-4-6-8-13/h4-10,12,14H,11H2,1-3H3,(H,18,20). The molecule has 0 bridgehead atoms. The first-order valence-electron chi connectivity index (χ1n) is 6.94. The van der Waals surface area contributed by atoms with Crippen LogP contribution in [0.25, 0.3) is 0 Å². The van der Waals surface area contributed by atoms with E-state index in [1.54, 1.807) is 24.7 Å². The Labute approximate surface area is 125 Å². The molecule has 0 saturated carbocycles. The summed E-state index contributed by atoms with van der Waals surface area (Å²) in [6.45, 7) is 6.89. The molecular weight excluding hydrogens is 266 g/mol. The van der Waals surface area contributed by atoms with Crippen molar-refractivity contribution in [3.63, 3.8) is 0 Å². The summed E-state index contributed by atoms with van der Waals surface area (Å²) in [6.07, 6.45) is 4.90. The molecule has 1 atom stereocenters. The molecule has 1 N–H and O–H groups in total. The number of ether oxygens (including phenoxy) is 1. The fourth-order valence-electron chi connectivity index (χ4n) is 1.91. The van der Waals surface area contributed by atoms with E-state index in [2.05, 4.69) is 31.1 Å². The summed E-state index contributed by atoms with van der Waals surface area (Å²) in [6, 6.07) is 8.97. The predicted molar refractivity (Wildman–Crippen MR) is 81.1 cm³/mol. The first-order valence-corrected chi connectivity index (χ1v) is 6.94. The van der Waals surface area contributed by atoms with Gasteiger partial charge in [0.25, 0.3) is 0 Å². The fraction of sp³-hybridized carbons (Fsp3) is 0.375. The van der Waals surface area contributed by atoms with Gasteiger partial charge < -0.3 is 14.6 Å². The normalized spacial score (nSPS) is 12.7. The van der Waals surface area contributed by atoms with Crippen molar-refractivity contribution in [1.82, 2.24) is 14.9 Å². The average Bonchev–Trinajstić information content (AvgIpc) is 2.91. The minimum absolute atomic E-state index is 0.0667. The number of hydrogen-bond acceptors (Lipinski definition) is 3. The van der Waals surface area contributed by atoms with Crippen molar-refractivity contribution in [3.05, 3.63) is 49.1 Å². The Morgan fingerprint density at radius 1 is 1.33 bits per heavy atom. The van der Waals surface area contributed by atoms with E-state index in [0.29, 0.717) is 12.3 Å². The van der Waals surface area contributed by atoms with Gasteiger partial charge in [0.1, 0.15) is 5.75 Å². The Morgan fingerprint density at radius 3 is 2.62 bits per heavy atom. The topological polar surface area (TPSA) is 56.2 Å². The van der Waals surface area contributed by atoms with Gasteiger partial charge in [0.05, 0.1) is 12.4 Å². The zero-order valence-corrected chi connectivity index (χ0v) is 12.6. The molecule has 1 unspecified atom stereocenters. The molecule has 1 heterocycles. The van der Waals surface area contributed by atoms with E-state index in [1.165, 1.54) is 0 Å². The van der Waals surface area contributed by atoms with E-state index in [9.17, 15) is 4.79 Å². The van der Waals surface area contributed by atoms with Gasteiger partial charge in [-0.05, 0) is 17.5 Å². The van der Waals surface area contributed by atoms with E-state index in [0.717, 1.165) is 0 Å². The highest BCUT2D eigenvalue weighted by Crippen LogP contribution is 2.21. The number of carbonyl (C=O) groups excluding carboxylic acids is 1. The molecule has 0 spiro atoms. The second-order valence-electron chi connectivity index (χ2n) is 6.02. The number of amides is 1. The summed E-state index contributed by atoms with van der Waals surface area (Å²) in [7, 11) is 0. The first-order chi connectivity index (χ1) is 9.95. The van der Waals surface area contributed by atoms with E-state index in [1.807, 2.05) is 29.0 Å². The Morgan fingerprint density at radius 2 is 2.05 bits per heavy atom. The number of rotatable bonds is 4. The quantitative estimate of drug-likeness (QED) is 0.940. The monoisotopic (exact) mass is 287 g/mol.